The van der Waals surface area contributed by atoms with Crippen molar-refractivity contribution in [2.75, 3.05) is 25.9 Å². The van der Waals surface area contributed by atoms with Crippen molar-refractivity contribution in [2.45, 2.75) is 51.0 Å². The Kier molecular flexibility index (Phi) is 5.82. The second-order valence-electron chi connectivity index (χ2n) is 8.29. The summed E-state index contributed by atoms with van der Waals surface area (Å²) in [4.78, 5) is 12.4. The standard InChI is InChI=1S/C20H30N2O4S/c1-15(2)14-21-19(23)12-16-13-20(26-18-7-5-4-6-17(16)18)8-10-22(11-9-20)27(3,24)25/h4-7,15-16H,8-14H2,1-3H3,(H,21,23)/t16-/m1/s1. The van der Waals surface area contributed by atoms with Crippen LogP contribution in [0.3, 0.4) is 0 Å². The summed E-state index contributed by atoms with van der Waals surface area (Å²) in [6, 6.07) is 7.91. The topological polar surface area (TPSA) is 75.7 Å². The molecular formula is C20H30N2O4S. The first-order valence-electron chi connectivity index (χ1n) is 9.68. The van der Waals surface area contributed by atoms with E-state index in [1.165, 1.54) is 10.6 Å². The van der Waals surface area contributed by atoms with Crippen molar-refractivity contribution in [2.24, 2.45) is 5.92 Å². The second-order valence-corrected chi connectivity index (χ2v) is 10.3. The first-order chi connectivity index (χ1) is 12.7. The highest BCUT2D eigenvalue weighted by Crippen LogP contribution is 2.46. The SMILES string of the molecule is CC(C)CNC(=O)C[C@@H]1CC2(CCN(S(C)(=O)=O)CC2)Oc2ccccc21. The molecule has 1 N–H and O–H groups in total. The number of ether oxygens (including phenoxy) is 1. The van der Waals surface area contributed by atoms with Gasteiger partial charge in [-0.15, -0.1) is 0 Å². The van der Waals surface area contributed by atoms with Crippen LogP contribution in [-0.4, -0.2) is 50.1 Å². The molecule has 1 atom stereocenters. The predicted octanol–water partition coefficient (Wildman–Crippen LogP) is 2.51. The third-order valence-electron chi connectivity index (χ3n) is 5.55. The Morgan fingerprint density at radius 2 is 1.96 bits per heavy atom. The largest absolute Gasteiger partial charge is 0.487 e. The molecule has 0 bridgehead atoms. The van der Waals surface area contributed by atoms with Crippen molar-refractivity contribution in [1.82, 2.24) is 9.62 Å². The Morgan fingerprint density at radius 1 is 1.30 bits per heavy atom. The van der Waals surface area contributed by atoms with E-state index >= 15 is 0 Å². The first kappa shape index (κ1) is 20.1. The van der Waals surface area contributed by atoms with Gasteiger partial charge in [0.1, 0.15) is 11.4 Å². The monoisotopic (exact) mass is 394 g/mol. The minimum atomic E-state index is -3.18. The van der Waals surface area contributed by atoms with Crippen LogP contribution in [0.1, 0.15) is 51.0 Å². The number of benzene rings is 1. The molecule has 1 spiro atoms. The summed E-state index contributed by atoms with van der Waals surface area (Å²) < 4.78 is 31.5. The van der Waals surface area contributed by atoms with Gasteiger partial charge in [-0.05, 0) is 24.0 Å². The molecule has 1 aromatic carbocycles. The van der Waals surface area contributed by atoms with Gasteiger partial charge in [0.15, 0.2) is 0 Å². The number of nitrogens with one attached hydrogen (secondary N) is 1. The molecular weight excluding hydrogens is 364 g/mol. The molecule has 2 aliphatic heterocycles. The summed E-state index contributed by atoms with van der Waals surface area (Å²) >= 11 is 0. The summed E-state index contributed by atoms with van der Waals surface area (Å²) in [5, 5.41) is 3.01. The number of para-hydroxylation sites is 1. The third kappa shape index (κ3) is 4.82. The fraction of sp³-hybridized carbons (Fsp3) is 0.650. The predicted molar refractivity (Wildman–Crippen MR) is 105 cm³/mol. The van der Waals surface area contributed by atoms with Crippen LogP contribution >= 0.6 is 0 Å². The van der Waals surface area contributed by atoms with Crippen LogP contribution in [0.25, 0.3) is 0 Å². The Labute approximate surface area is 162 Å². The molecule has 0 radical (unpaired) electrons. The molecule has 1 saturated heterocycles. The van der Waals surface area contributed by atoms with Crippen molar-refractivity contribution in [1.29, 1.82) is 0 Å². The lowest BCUT2D eigenvalue weighted by Crippen LogP contribution is -2.51. The summed E-state index contributed by atoms with van der Waals surface area (Å²) in [5.41, 5.74) is 0.687. The van der Waals surface area contributed by atoms with Crippen LogP contribution in [0, 0.1) is 5.92 Å². The maximum atomic E-state index is 12.4. The minimum absolute atomic E-state index is 0.0640. The number of sulfonamides is 1. The summed E-state index contributed by atoms with van der Waals surface area (Å²) in [7, 11) is -3.18. The van der Waals surface area contributed by atoms with Crippen molar-refractivity contribution in [3.63, 3.8) is 0 Å². The summed E-state index contributed by atoms with van der Waals surface area (Å²) in [6.07, 6.45) is 3.74. The number of carbonyl (C=O) groups excluding carboxylic acids is 1. The molecule has 1 aromatic rings. The zero-order valence-electron chi connectivity index (χ0n) is 16.4. The highest BCUT2D eigenvalue weighted by Gasteiger charge is 2.44. The van der Waals surface area contributed by atoms with Gasteiger partial charge in [-0.25, -0.2) is 12.7 Å². The first-order valence-corrected chi connectivity index (χ1v) is 11.5. The molecule has 6 nitrogen and oxygen atoms in total. The Balaban J connectivity index is 1.76. The molecule has 3 rings (SSSR count). The van der Waals surface area contributed by atoms with Crippen LogP contribution in [0.2, 0.25) is 0 Å². The van der Waals surface area contributed by atoms with Crippen molar-refractivity contribution >= 4 is 15.9 Å². The molecule has 0 saturated carbocycles. The van der Waals surface area contributed by atoms with Gasteiger partial charge in [-0.2, -0.15) is 0 Å². The van der Waals surface area contributed by atoms with E-state index in [1.54, 1.807) is 0 Å². The van der Waals surface area contributed by atoms with Gasteiger partial charge >= 0.3 is 0 Å². The zero-order chi connectivity index (χ0) is 19.7. The smallest absolute Gasteiger partial charge is 0.220 e. The fourth-order valence-corrected chi connectivity index (χ4v) is 4.92. The fourth-order valence-electron chi connectivity index (χ4n) is 4.07. The van der Waals surface area contributed by atoms with Crippen LogP contribution in [0.15, 0.2) is 24.3 Å². The lowest BCUT2D eigenvalue weighted by atomic mass is 9.76. The Hall–Kier alpha value is -1.60. The van der Waals surface area contributed by atoms with Gasteiger partial charge in [0.25, 0.3) is 0 Å². The molecule has 2 heterocycles. The average molecular weight is 395 g/mol. The van der Waals surface area contributed by atoms with Gasteiger partial charge in [0.2, 0.25) is 15.9 Å². The number of fused-ring (bicyclic) bond motifs is 1. The van der Waals surface area contributed by atoms with Crippen LogP contribution in [0.5, 0.6) is 5.75 Å². The van der Waals surface area contributed by atoms with E-state index in [2.05, 4.69) is 19.2 Å². The molecule has 0 aromatic heterocycles. The quantitative estimate of drug-likeness (QED) is 0.833. The lowest BCUT2D eigenvalue weighted by molar-refractivity contribution is -0.122. The van der Waals surface area contributed by atoms with Crippen LogP contribution in [0.4, 0.5) is 0 Å². The van der Waals surface area contributed by atoms with Crippen LogP contribution in [-0.2, 0) is 14.8 Å². The van der Waals surface area contributed by atoms with Crippen molar-refractivity contribution in [3.8, 4) is 5.75 Å². The molecule has 1 amide bonds. The Morgan fingerprint density at radius 3 is 2.59 bits per heavy atom. The van der Waals surface area contributed by atoms with Crippen molar-refractivity contribution in [3.05, 3.63) is 29.8 Å². The maximum Gasteiger partial charge on any atom is 0.220 e. The molecule has 150 valence electrons. The molecule has 1 fully saturated rings. The van der Waals surface area contributed by atoms with E-state index in [0.29, 0.717) is 44.8 Å². The maximum absolute atomic E-state index is 12.4. The minimum Gasteiger partial charge on any atom is -0.487 e. The normalized spacial score (nSPS) is 22.3. The van der Waals surface area contributed by atoms with E-state index in [0.717, 1.165) is 17.7 Å². The number of amides is 1. The molecule has 2 aliphatic rings. The molecule has 7 heteroatoms. The number of hydrogen-bond acceptors (Lipinski definition) is 4. The van der Waals surface area contributed by atoms with E-state index < -0.39 is 15.6 Å². The zero-order valence-corrected chi connectivity index (χ0v) is 17.2. The number of rotatable bonds is 5. The number of hydrogen-bond donors (Lipinski definition) is 1. The van der Waals surface area contributed by atoms with E-state index in [1.807, 2.05) is 24.3 Å². The van der Waals surface area contributed by atoms with Gasteiger partial charge in [0, 0.05) is 44.8 Å². The molecule has 0 unspecified atom stereocenters. The highest BCUT2D eigenvalue weighted by molar-refractivity contribution is 7.88. The van der Waals surface area contributed by atoms with E-state index in [9.17, 15) is 13.2 Å². The van der Waals surface area contributed by atoms with E-state index in [4.69, 9.17) is 4.74 Å². The Bertz CT molecular complexity index is 783. The van der Waals surface area contributed by atoms with Gasteiger partial charge in [-0.1, -0.05) is 32.0 Å². The molecule has 0 aliphatic carbocycles. The average Bonchev–Trinajstić information content (AvgIpc) is 2.59. The second kappa shape index (κ2) is 7.80. The van der Waals surface area contributed by atoms with Gasteiger partial charge in [0.05, 0.1) is 6.26 Å². The van der Waals surface area contributed by atoms with E-state index in [-0.39, 0.29) is 11.8 Å². The number of nitrogens with zero attached hydrogens (tertiary/aromatic N) is 1. The summed E-state index contributed by atoms with van der Waals surface area (Å²) in [5.74, 6) is 1.40. The lowest BCUT2D eigenvalue weighted by Gasteiger charge is -2.46. The van der Waals surface area contributed by atoms with Gasteiger partial charge < -0.3 is 10.1 Å². The number of piperidine rings is 1. The third-order valence-corrected chi connectivity index (χ3v) is 6.85. The van der Waals surface area contributed by atoms with Crippen LogP contribution < -0.4 is 10.1 Å². The molecule has 27 heavy (non-hydrogen) atoms. The van der Waals surface area contributed by atoms with Gasteiger partial charge in [-0.3, -0.25) is 4.79 Å². The number of carbonyl (C=O) groups is 1. The highest BCUT2D eigenvalue weighted by atomic mass is 32.2. The van der Waals surface area contributed by atoms with Crippen molar-refractivity contribution < 1.29 is 17.9 Å². The summed E-state index contributed by atoms with van der Waals surface area (Å²) in [6.45, 7) is 5.77.